The van der Waals surface area contributed by atoms with Gasteiger partial charge in [-0.25, -0.2) is 4.79 Å². The summed E-state index contributed by atoms with van der Waals surface area (Å²) in [4.78, 5) is 36.6. The third kappa shape index (κ3) is 4.59. The molecule has 3 unspecified atom stereocenters. The monoisotopic (exact) mass is 417 g/mol. The van der Waals surface area contributed by atoms with E-state index in [1.807, 2.05) is 30.3 Å². The van der Waals surface area contributed by atoms with Gasteiger partial charge in [0.1, 0.15) is 23.4 Å². The molecule has 29 heavy (non-hydrogen) atoms. The Morgan fingerprint density at radius 1 is 1.41 bits per heavy atom. The van der Waals surface area contributed by atoms with Crippen molar-refractivity contribution in [3.05, 3.63) is 59.3 Å². The minimum Gasteiger partial charge on any atom is -0.477 e. The highest BCUT2D eigenvalue weighted by atomic mass is 32.2. The average molecular weight is 417 g/mol. The Balaban J connectivity index is 1.74. The summed E-state index contributed by atoms with van der Waals surface area (Å²) in [5.41, 5.74) is 1.48. The van der Waals surface area contributed by atoms with Crippen molar-refractivity contribution < 1.29 is 24.7 Å². The number of carbonyl (C=O) groups excluding carboxylic acids is 2. The summed E-state index contributed by atoms with van der Waals surface area (Å²) in [6, 6.07) is 8.68. The molecule has 2 aliphatic rings. The molecular formula is C20H23N3O5S. The first-order valence-electron chi connectivity index (χ1n) is 9.16. The SMILES string of the molecule is CN(O)C(/C=C/C1=C(C(=O)O)N2C(=O)C(NCc3ccccc3)C2SC1)CC=O. The van der Waals surface area contributed by atoms with Crippen LogP contribution < -0.4 is 5.32 Å². The number of aldehydes is 1. The van der Waals surface area contributed by atoms with Gasteiger partial charge in [-0.1, -0.05) is 42.5 Å². The van der Waals surface area contributed by atoms with Crippen LogP contribution in [0.1, 0.15) is 12.0 Å². The molecule has 9 heteroatoms. The number of carboxylic acids is 1. The molecule has 1 aromatic carbocycles. The number of β-lactam (4-membered cyclic amide) rings is 1. The maximum absolute atomic E-state index is 12.7. The largest absolute Gasteiger partial charge is 0.477 e. The lowest BCUT2D eigenvalue weighted by atomic mass is 10.0. The van der Waals surface area contributed by atoms with Gasteiger partial charge in [0.25, 0.3) is 0 Å². The number of aliphatic carboxylic acids is 1. The number of hydrogen-bond acceptors (Lipinski definition) is 7. The molecule has 2 aliphatic heterocycles. The number of hydroxylamine groups is 2. The van der Waals surface area contributed by atoms with Crippen LogP contribution in [0.3, 0.4) is 0 Å². The van der Waals surface area contributed by atoms with Gasteiger partial charge in [0, 0.05) is 25.8 Å². The Labute approximate surface area is 172 Å². The molecule has 1 fully saturated rings. The van der Waals surface area contributed by atoms with E-state index in [4.69, 9.17) is 0 Å². The van der Waals surface area contributed by atoms with Crippen LogP contribution in [0, 0.1) is 0 Å². The maximum atomic E-state index is 12.7. The number of thioether (sulfide) groups is 1. The van der Waals surface area contributed by atoms with E-state index < -0.39 is 18.1 Å². The van der Waals surface area contributed by atoms with Crippen LogP contribution in [0.25, 0.3) is 0 Å². The number of nitrogens with one attached hydrogen (secondary N) is 1. The zero-order valence-electron chi connectivity index (χ0n) is 15.9. The third-order valence-corrected chi connectivity index (χ3v) is 6.21. The van der Waals surface area contributed by atoms with Gasteiger partial charge in [-0.2, -0.15) is 5.06 Å². The normalized spacial score (nSPS) is 22.6. The van der Waals surface area contributed by atoms with E-state index in [0.29, 0.717) is 24.2 Å². The average Bonchev–Trinajstić information content (AvgIpc) is 2.71. The molecule has 0 radical (unpaired) electrons. The third-order valence-electron chi connectivity index (χ3n) is 4.91. The highest BCUT2D eigenvalue weighted by Gasteiger charge is 2.53. The fourth-order valence-electron chi connectivity index (χ4n) is 3.33. The minimum absolute atomic E-state index is 0.0433. The summed E-state index contributed by atoms with van der Waals surface area (Å²) in [5.74, 6) is -1.03. The number of fused-ring (bicyclic) bond motifs is 1. The molecule has 0 spiro atoms. The van der Waals surface area contributed by atoms with Crippen molar-refractivity contribution >= 4 is 29.9 Å². The summed E-state index contributed by atoms with van der Waals surface area (Å²) in [7, 11) is 1.42. The van der Waals surface area contributed by atoms with Crippen LogP contribution in [-0.2, 0) is 20.9 Å². The van der Waals surface area contributed by atoms with E-state index in [-0.39, 0.29) is 23.4 Å². The molecular weight excluding hydrogens is 394 g/mol. The van der Waals surface area contributed by atoms with Crippen LogP contribution in [0.4, 0.5) is 0 Å². The molecule has 1 saturated heterocycles. The van der Waals surface area contributed by atoms with Crippen LogP contribution in [0.2, 0.25) is 0 Å². The van der Waals surface area contributed by atoms with Gasteiger partial charge in [0.15, 0.2) is 0 Å². The van der Waals surface area contributed by atoms with E-state index >= 15 is 0 Å². The number of amides is 1. The molecule has 154 valence electrons. The lowest BCUT2D eigenvalue weighted by Gasteiger charge is -2.49. The minimum atomic E-state index is -1.17. The highest BCUT2D eigenvalue weighted by Crippen LogP contribution is 2.40. The maximum Gasteiger partial charge on any atom is 0.352 e. The van der Waals surface area contributed by atoms with Gasteiger partial charge in [-0.05, 0) is 11.1 Å². The molecule has 0 saturated carbocycles. The quantitative estimate of drug-likeness (QED) is 0.313. The van der Waals surface area contributed by atoms with Crippen LogP contribution >= 0.6 is 11.8 Å². The molecule has 3 rings (SSSR count). The van der Waals surface area contributed by atoms with Crippen molar-refractivity contribution in [2.75, 3.05) is 12.8 Å². The van der Waals surface area contributed by atoms with Gasteiger partial charge < -0.3 is 15.1 Å². The molecule has 1 amide bonds. The highest BCUT2D eigenvalue weighted by molar-refractivity contribution is 8.00. The zero-order valence-corrected chi connectivity index (χ0v) is 16.7. The van der Waals surface area contributed by atoms with Gasteiger partial charge in [0.05, 0.1) is 6.04 Å². The van der Waals surface area contributed by atoms with Gasteiger partial charge in [-0.15, -0.1) is 11.8 Å². The second-order valence-electron chi connectivity index (χ2n) is 6.84. The number of rotatable bonds is 9. The predicted molar refractivity (Wildman–Crippen MR) is 108 cm³/mol. The number of hydrogen-bond donors (Lipinski definition) is 3. The second kappa shape index (κ2) is 9.36. The van der Waals surface area contributed by atoms with Crippen molar-refractivity contribution in [1.82, 2.24) is 15.3 Å². The smallest absolute Gasteiger partial charge is 0.352 e. The van der Waals surface area contributed by atoms with E-state index in [9.17, 15) is 24.7 Å². The van der Waals surface area contributed by atoms with Crippen molar-refractivity contribution in [2.45, 2.75) is 30.4 Å². The first-order valence-corrected chi connectivity index (χ1v) is 10.2. The van der Waals surface area contributed by atoms with E-state index in [0.717, 1.165) is 10.6 Å². The second-order valence-corrected chi connectivity index (χ2v) is 7.94. The fourth-order valence-corrected chi connectivity index (χ4v) is 4.68. The van der Waals surface area contributed by atoms with Gasteiger partial charge >= 0.3 is 5.97 Å². The molecule has 0 aliphatic carbocycles. The van der Waals surface area contributed by atoms with Crippen LogP contribution in [0.5, 0.6) is 0 Å². The summed E-state index contributed by atoms with van der Waals surface area (Å²) in [6.07, 6.45) is 3.90. The summed E-state index contributed by atoms with van der Waals surface area (Å²) in [6.45, 7) is 0.525. The molecule has 3 N–H and O–H groups in total. The summed E-state index contributed by atoms with van der Waals surface area (Å²) in [5, 5.41) is 23.1. The molecule has 2 heterocycles. The summed E-state index contributed by atoms with van der Waals surface area (Å²) < 4.78 is 0. The first kappa shape index (κ1) is 21.3. The van der Waals surface area contributed by atoms with E-state index in [1.54, 1.807) is 12.2 Å². The number of likely N-dealkylation sites (N-methyl/N-ethyl adjacent to an activating group) is 1. The topological polar surface area (TPSA) is 110 Å². The van der Waals surface area contributed by atoms with Crippen molar-refractivity contribution in [1.29, 1.82) is 0 Å². The van der Waals surface area contributed by atoms with Crippen molar-refractivity contribution in [2.24, 2.45) is 0 Å². The molecule has 1 aromatic rings. The van der Waals surface area contributed by atoms with E-state index in [1.165, 1.54) is 23.7 Å². The lowest BCUT2D eigenvalue weighted by Crippen LogP contribution is -2.69. The van der Waals surface area contributed by atoms with Crippen molar-refractivity contribution in [3.63, 3.8) is 0 Å². The predicted octanol–water partition coefficient (Wildman–Crippen LogP) is 1.23. The Morgan fingerprint density at radius 3 is 2.76 bits per heavy atom. The van der Waals surface area contributed by atoms with Crippen LogP contribution in [0.15, 0.2) is 53.8 Å². The molecule has 0 bridgehead atoms. The molecule has 8 nitrogen and oxygen atoms in total. The number of nitrogens with zero attached hydrogens (tertiary/aromatic N) is 2. The number of carbonyl (C=O) groups is 3. The van der Waals surface area contributed by atoms with Gasteiger partial charge in [-0.3, -0.25) is 15.0 Å². The Kier molecular flexibility index (Phi) is 6.86. The van der Waals surface area contributed by atoms with Crippen LogP contribution in [-0.4, -0.2) is 68.7 Å². The van der Waals surface area contributed by atoms with Gasteiger partial charge in [0.2, 0.25) is 5.91 Å². The zero-order chi connectivity index (χ0) is 21.0. The standard InChI is InChI=1S/C20H23N3O5S/c1-22(28)15(9-10-24)8-7-14-12-29-19-16(18(25)23(19)17(14)20(26)27)21-11-13-5-3-2-4-6-13/h2-8,10,15-16,19,21,28H,9,11-12H2,1H3,(H,26,27)/b8-7+. The molecule has 3 atom stereocenters. The summed E-state index contributed by atoms with van der Waals surface area (Å²) >= 11 is 1.49. The number of benzene rings is 1. The Bertz CT molecular complexity index is 840. The fraction of sp³-hybridized carbons (Fsp3) is 0.350. The Morgan fingerprint density at radius 2 is 2.14 bits per heavy atom. The van der Waals surface area contributed by atoms with Crippen molar-refractivity contribution in [3.8, 4) is 0 Å². The lowest BCUT2D eigenvalue weighted by molar-refractivity contribution is -0.149. The number of carboxylic acid groups (broad SMARTS) is 1. The Hall–Kier alpha value is -2.46. The number of allylic oxidation sites excluding steroid dienone is 1. The van der Waals surface area contributed by atoms with E-state index in [2.05, 4.69) is 5.32 Å². The molecule has 0 aromatic heterocycles. The first-order chi connectivity index (χ1) is 13.9.